The number of anilines is 1. The van der Waals surface area contributed by atoms with Crippen molar-refractivity contribution in [2.75, 3.05) is 5.32 Å². The summed E-state index contributed by atoms with van der Waals surface area (Å²) in [6, 6.07) is 24.7. The largest absolute Gasteiger partial charge is 0.489 e. The number of nitrogens with one attached hydrogen (secondary N) is 1. The van der Waals surface area contributed by atoms with Gasteiger partial charge < -0.3 is 10.1 Å². The first-order valence-corrected chi connectivity index (χ1v) is 13.2. The standard InChI is InChI=1S/C30H30N2O2S/c33-19-23-8-6-22(7-9-23)18-31-30-32-29(21-35-30)27-14-16-28(17-15-27)34-20-24-10-12-26(13-11-24)25-4-2-1-3-5-25/h6-17,19,21,25H,1-5,18,20H2,(H,31,32). The number of ether oxygens (including phenoxy) is 1. The van der Waals surface area contributed by atoms with Gasteiger partial charge in [-0.3, -0.25) is 4.79 Å². The Balaban J connectivity index is 1.12. The molecule has 4 aromatic rings. The Kier molecular flexibility index (Phi) is 7.54. The average molecular weight is 483 g/mol. The van der Waals surface area contributed by atoms with Gasteiger partial charge in [0.15, 0.2) is 5.13 Å². The summed E-state index contributed by atoms with van der Waals surface area (Å²) in [5, 5.41) is 6.29. The molecule has 0 unspecified atom stereocenters. The molecular formula is C30H30N2O2S. The summed E-state index contributed by atoms with van der Waals surface area (Å²) in [5.74, 6) is 1.60. The Morgan fingerprint density at radius 2 is 1.60 bits per heavy atom. The second-order valence-electron chi connectivity index (χ2n) is 9.14. The zero-order valence-electron chi connectivity index (χ0n) is 19.8. The van der Waals surface area contributed by atoms with Gasteiger partial charge in [-0.2, -0.15) is 0 Å². The SMILES string of the molecule is O=Cc1ccc(CNc2nc(-c3ccc(OCc4ccc(C5CCCCC5)cc4)cc3)cs2)cc1. The van der Waals surface area contributed by atoms with E-state index in [2.05, 4.69) is 47.1 Å². The molecule has 1 aromatic heterocycles. The lowest BCUT2D eigenvalue weighted by molar-refractivity contribution is 0.112. The molecule has 5 heteroatoms. The van der Waals surface area contributed by atoms with Crippen molar-refractivity contribution in [1.29, 1.82) is 0 Å². The summed E-state index contributed by atoms with van der Waals surface area (Å²) in [5.41, 5.74) is 6.48. The first kappa shape index (κ1) is 23.3. The van der Waals surface area contributed by atoms with Crippen molar-refractivity contribution in [2.45, 2.75) is 51.2 Å². The Labute approximate surface area is 211 Å². The van der Waals surface area contributed by atoms with Crippen LogP contribution in [0.3, 0.4) is 0 Å². The molecule has 4 nitrogen and oxygen atoms in total. The van der Waals surface area contributed by atoms with Gasteiger partial charge in [-0.15, -0.1) is 11.3 Å². The van der Waals surface area contributed by atoms with Crippen LogP contribution in [-0.2, 0) is 13.2 Å². The predicted molar refractivity (Wildman–Crippen MR) is 143 cm³/mol. The molecule has 1 aliphatic carbocycles. The highest BCUT2D eigenvalue weighted by Gasteiger charge is 2.15. The van der Waals surface area contributed by atoms with Gasteiger partial charge in [0.1, 0.15) is 18.6 Å². The van der Waals surface area contributed by atoms with E-state index in [1.54, 1.807) is 11.3 Å². The van der Waals surface area contributed by atoms with Gasteiger partial charge in [0.25, 0.3) is 0 Å². The Morgan fingerprint density at radius 3 is 2.31 bits per heavy atom. The minimum atomic E-state index is 0.572. The molecule has 0 saturated heterocycles. The van der Waals surface area contributed by atoms with Crippen LogP contribution in [0.2, 0.25) is 0 Å². The van der Waals surface area contributed by atoms with Crippen LogP contribution in [0.15, 0.2) is 78.2 Å². The van der Waals surface area contributed by atoms with Crippen LogP contribution in [0.25, 0.3) is 11.3 Å². The van der Waals surface area contributed by atoms with Crippen molar-refractivity contribution in [3.8, 4) is 17.0 Å². The van der Waals surface area contributed by atoms with Crippen molar-refractivity contribution in [1.82, 2.24) is 4.98 Å². The van der Waals surface area contributed by atoms with Gasteiger partial charge in [-0.1, -0.05) is 67.8 Å². The molecule has 0 radical (unpaired) electrons. The lowest BCUT2D eigenvalue weighted by atomic mass is 9.84. The quantitative estimate of drug-likeness (QED) is 0.247. The maximum atomic E-state index is 10.8. The van der Waals surface area contributed by atoms with E-state index < -0.39 is 0 Å². The molecular weight excluding hydrogens is 452 g/mol. The Hall–Kier alpha value is -3.44. The van der Waals surface area contributed by atoms with Gasteiger partial charge in [-0.25, -0.2) is 4.98 Å². The number of hydrogen-bond acceptors (Lipinski definition) is 5. The summed E-state index contributed by atoms with van der Waals surface area (Å²) >= 11 is 1.58. The normalized spacial score (nSPS) is 13.9. The lowest BCUT2D eigenvalue weighted by Gasteiger charge is -2.22. The molecule has 1 heterocycles. The topological polar surface area (TPSA) is 51.2 Å². The molecule has 0 bridgehead atoms. The highest BCUT2D eigenvalue weighted by Crippen LogP contribution is 2.33. The zero-order valence-corrected chi connectivity index (χ0v) is 20.6. The molecule has 3 aromatic carbocycles. The zero-order chi connectivity index (χ0) is 23.9. The number of thiazole rings is 1. The highest BCUT2D eigenvalue weighted by atomic mass is 32.1. The number of nitrogens with zero attached hydrogens (tertiary/aromatic N) is 1. The smallest absolute Gasteiger partial charge is 0.183 e. The van der Waals surface area contributed by atoms with Crippen molar-refractivity contribution in [2.24, 2.45) is 0 Å². The minimum Gasteiger partial charge on any atom is -0.489 e. The third-order valence-corrected chi connectivity index (χ3v) is 7.48. The van der Waals surface area contributed by atoms with Crippen molar-refractivity contribution in [3.05, 3.63) is 100 Å². The molecule has 1 aliphatic rings. The summed E-state index contributed by atoms with van der Waals surface area (Å²) < 4.78 is 6.03. The highest BCUT2D eigenvalue weighted by molar-refractivity contribution is 7.14. The number of rotatable bonds is 9. The van der Waals surface area contributed by atoms with Gasteiger partial charge in [0, 0.05) is 23.1 Å². The van der Waals surface area contributed by atoms with Gasteiger partial charge in [0.05, 0.1) is 5.69 Å². The van der Waals surface area contributed by atoms with Gasteiger partial charge in [0.2, 0.25) is 0 Å². The molecule has 0 spiro atoms. The Bertz CT molecular complexity index is 1220. The van der Waals surface area contributed by atoms with Gasteiger partial charge >= 0.3 is 0 Å². The van der Waals surface area contributed by atoms with Crippen LogP contribution >= 0.6 is 11.3 Å². The van der Waals surface area contributed by atoms with Crippen LogP contribution in [0.1, 0.15) is 65.1 Å². The maximum Gasteiger partial charge on any atom is 0.183 e. The summed E-state index contributed by atoms with van der Waals surface area (Å²) in [6.45, 7) is 1.24. The third-order valence-electron chi connectivity index (χ3n) is 6.68. The Morgan fingerprint density at radius 1 is 0.886 bits per heavy atom. The van der Waals surface area contributed by atoms with E-state index in [1.807, 2.05) is 36.4 Å². The van der Waals surface area contributed by atoms with Crippen molar-refractivity contribution >= 4 is 22.8 Å². The number of aldehydes is 1. The first-order valence-electron chi connectivity index (χ1n) is 12.3. The van der Waals surface area contributed by atoms with E-state index in [-0.39, 0.29) is 0 Å². The van der Waals surface area contributed by atoms with Crippen molar-refractivity contribution in [3.63, 3.8) is 0 Å². The van der Waals surface area contributed by atoms with E-state index in [0.29, 0.717) is 18.7 Å². The molecule has 1 saturated carbocycles. The van der Waals surface area contributed by atoms with Crippen LogP contribution in [0.5, 0.6) is 5.75 Å². The fourth-order valence-electron chi connectivity index (χ4n) is 4.59. The van der Waals surface area contributed by atoms with Crippen LogP contribution in [0, 0.1) is 0 Å². The molecule has 178 valence electrons. The number of hydrogen-bond donors (Lipinski definition) is 1. The van der Waals surface area contributed by atoms with E-state index in [4.69, 9.17) is 9.72 Å². The van der Waals surface area contributed by atoms with Gasteiger partial charge in [-0.05, 0) is 59.7 Å². The van der Waals surface area contributed by atoms with E-state index in [9.17, 15) is 4.79 Å². The van der Waals surface area contributed by atoms with E-state index in [1.165, 1.54) is 43.2 Å². The van der Waals surface area contributed by atoms with E-state index >= 15 is 0 Å². The summed E-state index contributed by atoms with van der Waals surface area (Å²) in [4.78, 5) is 15.5. The van der Waals surface area contributed by atoms with Crippen LogP contribution in [0.4, 0.5) is 5.13 Å². The predicted octanol–water partition coefficient (Wildman–Crippen LogP) is 7.86. The van der Waals surface area contributed by atoms with Crippen LogP contribution < -0.4 is 10.1 Å². The number of carbonyl (C=O) groups excluding carboxylic acids is 1. The molecule has 0 amide bonds. The maximum absolute atomic E-state index is 10.8. The molecule has 1 fully saturated rings. The third kappa shape index (κ3) is 6.17. The number of carbonyl (C=O) groups is 1. The number of benzene rings is 3. The monoisotopic (exact) mass is 482 g/mol. The second-order valence-corrected chi connectivity index (χ2v) is 10.00. The van der Waals surface area contributed by atoms with Crippen molar-refractivity contribution < 1.29 is 9.53 Å². The molecule has 0 atom stereocenters. The summed E-state index contributed by atoms with van der Waals surface area (Å²) in [6.07, 6.45) is 7.63. The molecule has 5 rings (SSSR count). The summed E-state index contributed by atoms with van der Waals surface area (Å²) in [7, 11) is 0. The average Bonchev–Trinajstić information content (AvgIpc) is 3.41. The second kappa shape index (κ2) is 11.3. The number of aromatic nitrogens is 1. The van der Waals surface area contributed by atoms with Crippen LogP contribution in [-0.4, -0.2) is 11.3 Å². The fraction of sp³-hybridized carbons (Fsp3) is 0.267. The minimum absolute atomic E-state index is 0.572. The fourth-order valence-corrected chi connectivity index (χ4v) is 5.31. The lowest BCUT2D eigenvalue weighted by Crippen LogP contribution is -2.04. The first-order chi connectivity index (χ1) is 17.3. The van der Waals surface area contributed by atoms with E-state index in [0.717, 1.165) is 39.9 Å². The molecule has 1 N–H and O–H groups in total. The molecule has 0 aliphatic heterocycles. The molecule has 35 heavy (non-hydrogen) atoms.